The molecule has 8 nitrogen and oxygen atoms in total. The molecule has 0 spiro atoms. The van der Waals surface area contributed by atoms with Gasteiger partial charge in [-0.05, 0) is 51.8 Å². The van der Waals surface area contributed by atoms with Crippen LogP contribution in [-0.2, 0) is 12.8 Å². The third-order valence-corrected chi connectivity index (χ3v) is 8.78. The molecule has 1 fully saturated rings. The van der Waals surface area contributed by atoms with E-state index in [1.54, 1.807) is 13.2 Å². The normalized spacial score (nSPS) is 27.8. The van der Waals surface area contributed by atoms with Gasteiger partial charge in [-0.2, -0.15) is 0 Å². The van der Waals surface area contributed by atoms with Crippen LogP contribution in [0.15, 0.2) is 18.7 Å². The number of aliphatic hydroxyl groups excluding tert-OH is 1. The number of hydrogen-bond donors (Lipinski definition) is 2. The van der Waals surface area contributed by atoms with E-state index in [1.807, 2.05) is 13.8 Å². The highest BCUT2D eigenvalue weighted by Crippen LogP contribution is 2.59. The molecule has 0 saturated carbocycles. The van der Waals surface area contributed by atoms with E-state index < -0.39 is 0 Å². The molecule has 5 aliphatic heterocycles. The van der Waals surface area contributed by atoms with Gasteiger partial charge in [0.05, 0.1) is 25.8 Å². The Bertz CT molecular complexity index is 1290. The van der Waals surface area contributed by atoms with Crippen molar-refractivity contribution in [2.75, 3.05) is 40.7 Å². The molecule has 2 bridgehead atoms. The fraction of sp³-hybridized carbons (Fsp3) is 0.517. The Morgan fingerprint density at radius 1 is 1.22 bits per heavy atom. The molecule has 0 aromatic heterocycles. The summed E-state index contributed by atoms with van der Waals surface area (Å²) >= 11 is 0. The molecule has 2 aromatic rings. The lowest BCUT2D eigenvalue weighted by atomic mass is 9.76. The number of hydrogen-bond acceptors (Lipinski definition) is 8. The Balaban J connectivity index is 1.61. The summed E-state index contributed by atoms with van der Waals surface area (Å²) < 4.78 is 23.8. The molecule has 5 heterocycles. The molecule has 7 rings (SSSR count). The van der Waals surface area contributed by atoms with Crippen molar-refractivity contribution in [3.63, 3.8) is 0 Å². The van der Waals surface area contributed by atoms with Crippen molar-refractivity contribution in [2.45, 2.75) is 57.3 Å². The Hall–Kier alpha value is -2.94. The smallest absolute Gasteiger partial charge is 0.231 e. The quantitative estimate of drug-likeness (QED) is 0.593. The predicted molar refractivity (Wildman–Crippen MR) is 139 cm³/mol. The SMILES string of the molecule is C=CCOc1c(C)c2c(c3c1CC1[C@@H]4c5c(cc(C)c(OC)c5O)CC(C)(CN4C)N1[C@H]3CO)OCO2. The van der Waals surface area contributed by atoms with Crippen LogP contribution in [0.4, 0.5) is 0 Å². The minimum Gasteiger partial charge on any atom is -0.504 e. The fourth-order valence-electron chi connectivity index (χ4n) is 7.72. The second kappa shape index (κ2) is 8.55. The summed E-state index contributed by atoms with van der Waals surface area (Å²) in [6.07, 6.45) is 3.16. The molecule has 0 amide bonds. The zero-order valence-corrected chi connectivity index (χ0v) is 22.3. The summed E-state index contributed by atoms with van der Waals surface area (Å²) in [6, 6.07) is 1.74. The Labute approximate surface area is 218 Å². The minimum absolute atomic E-state index is 0.0150. The maximum atomic E-state index is 11.5. The van der Waals surface area contributed by atoms with Crippen molar-refractivity contribution in [3.8, 4) is 28.7 Å². The number of methoxy groups -OCH3 is 1. The van der Waals surface area contributed by atoms with Gasteiger partial charge in [0.15, 0.2) is 23.0 Å². The summed E-state index contributed by atoms with van der Waals surface area (Å²) in [4.78, 5) is 4.83. The molecule has 37 heavy (non-hydrogen) atoms. The number of benzene rings is 2. The molecular weight excluding hydrogens is 472 g/mol. The molecule has 2 aromatic carbocycles. The molecule has 5 aliphatic rings. The molecular formula is C29H36N2O6. The van der Waals surface area contributed by atoms with E-state index in [9.17, 15) is 10.2 Å². The van der Waals surface area contributed by atoms with E-state index in [0.29, 0.717) is 30.3 Å². The second-order valence-corrected chi connectivity index (χ2v) is 11.1. The number of phenolic OH excluding ortho intramolecular Hbond substituents is 1. The summed E-state index contributed by atoms with van der Waals surface area (Å²) in [7, 11) is 3.73. The van der Waals surface area contributed by atoms with Crippen LogP contribution in [0.25, 0.3) is 0 Å². The molecule has 2 unspecified atom stereocenters. The van der Waals surface area contributed by atoms with Crippen molar-refractivity contribution in [3.05, 3.63) is 52.1 Å². The number of aryl methyl sites for hydroxylation is 1. The lowest BCUT2D eigenvalue weighted by molar-refractivity contribution is -0.100. The predicted octanol–water partition coefficient (Wildman–Crippen LogP) is 3.57. The number of aliphatic hydroxyl groups is 1. The Kier molecular flexibility index (Phi) is 5.64. The molecule has 1 saturated heterocycles. The number of aromatic hydroxyl groups is 1. The van der Waals surface area contributed by atoms with Gasteiger partial charge in [0.1, 0.15) is 12.4 Å². The zero-order valence-electron chi connectivity index (χ0n) is 22.3. The third-order valence-electron chi connectivity index (χ3n) is 8.78. The van der Waals surface area contributed by atoms with Gasteiger partial charge < -0.3 is 29.2 Å². The van der Waals surface area contributed by atoms with Gasteiger partial charge in [-0.25, -0.2) is 0 Å². The molecule has 8 heteroatoms. The van der Waals surface area contributed by atoms with Crippen LogP contribution < -0.4 is 18.9 Å². The lowest BCUT2D eigenvalue weighted by Gasteiger charge is -2.59. The average molecular weight is 509 g/mol. The van der Waals surface area contributed by atoms with Gasteiger partial charge >= 0.3 is 0 Å². The van der Waals surface area contributed by atoms with E-state index >= 15 is 0 Å². The first-order valence-electron chi connectivity index (χ1n) is 12.9. The summed E-state index contributed by atoms with van der Waals surface area (Å²) in [5.41, 5.74) is 5.57. The van der Waals surface area contributed by atoms with Crippen LogP contribution in [-0.4, -0.2) is 72.3 Å². The lowest BCUT2D eigenvalue weighted by Crippen LogP contribution is -2.67. The molecule has 0 aliphatic carbocycles. The first kappa shape index (κ1) is 24.4. The standard InChI is InChI=1S/C29H36N2O6/c1-7-8-35-26-16(3)27-28(37-14-36-27)22-18(26)10-19-23-21-17(9-15(2)25(34-6)24(21)33)11-29(4,13-30(23)5)31(19)20(22)12-32/h7,9,19-20,23,32-33H,1,8,10-14H2,2-6H3/t19?,20-,23+,29?/m0/s1. The van der Waals surface area contributed by atoms with Crippen LogP contribution in [0.3, 0.4) is 0 Å². The van der Waals surface area contributed by atoms with Crippen molar-refractivity contribution in [2.24, 2.45) is 0 Å². The van der Waals surface area contributed by atoms with Gasteiger partial charge in [-0.15, -0.1) is 0 Å². The van der Waals surface area contributed by atoms with E-state index in [4.69, 9.17) is 18.9 Å². The summed E-state index contributed by atoms with van der Waals surface area (Å²) in [5, 5.41) is 22.5. The Morgan fingerprint density at radius 2 is 1.97 bits per heavy atom. The third kappa shape index (κ3) is 3.25. The largest absolute Gasteiger partial charge is 0.504 e. The number of piperazine rings is 1. The van der Waals surface area contributed by atoms with Crippen LogP contribution in [0.2, 0.25) is 0 Å². The highest BCUT2D eigenvalue weighted by Gasteiger charge is 2.57. The highest BCUT2D eigenvalue weighted by atomic mass is 16.7. The maximum absolute atomic E-state index is 11.5. The molecule has 4 atom stereocenters. The minimum atomic E-state index is -0.309. The van der Waals surface area contributed by atoms with Crippen LogP contribution in [0.5, 0.6) is 28.7 Å². The first-order valence-corrected chi connectivity index (χ1v) is 12.9. The second-order valence-electron chi connectivity index (χ2n) is 11.1. The number of fused-ring (bicyclic) bond motifs is 4. The van der Waals surface area contributed by atoms with E-state index in [1.165, 1.54) is 0 Å². The van der Waals surface area contributed by atoms with E-state index in [-0.39, 0.29) is 42.8 Å². The Morgan fingerprint density at radius 3 is 2.68 bits per heavy atom. The molecule has 198 valence electrons. The fourth-order valence-corrected chi connectivity index (χ4v) is 7.72. The summed E-state index contributed by atoms with van der Waals surface area (Å²) in [5.74, 6) is 2.93. The van der Waals surface area contributed by atoms with Gasteiger partial charge in [0, 0.05) is 40.4 Å². The number of phenols is 1. The zero-order chi connectivity index (χ0) is 26.2. The van der Waals surface area contributed by atoms with Crippen LogP contribution in [0, 0.1) is 13.8 Å². The number of ether oxygens (including phenoxy) is 4. The molecule has 2 N–H and O–H groups in total. The maximum Gasteiger partial charge on any atom is 0.231 e. The van der Waals surface area contributed by atoms with E-state index in [0.717, 1.165) is 52.1 Å². The molecule has 0 radical (unpaired) electrons. The number of rotatable bonds is 5. The van der Waals surface area contributed by atoms with Gasteiger partial charge in [0.2, 0.25) is 6.79 Å². The number of likely N-dealkylation sites (N-methyl/N-ethyl adjacent to an activating group) is 1. The average Bonchev–Trinajstić information content (AvgIpc) is 3.27. The number of nitrogens with zero attached hydrogens (tertiary/aromatic N) is 2. The van der Waals surface area contributed by atoms with Crippen molar-refractivity contribution < 1.29 is 29.2 Å². The topological polar surface area (TPSA) is 83.9 Å². The highest BCUT2D eigenvalue weighted by molar-refractivity contribution is 5.66. The van der Waals surface area contributed by atoms with E-state index in [2.05, 4.69) is 36.4 Å². The summed E-state index contributed by atoms with van der Waals surface area (Å²) in [6.45, 7) is 11.3. The van der Waals surface area contributed by atoms with Crippen molar-refractivity contribution in [1.82, 2.24) is 9.80 Å². The van der Waals surface area contributed by atoms with Gasteiger partial charge in [-0.3, -0.25) is 9.80 Å². The van der Waals surface area contributed by atoms with Crippen molar-refractivity contribution >= 4 is 0 Å². The van der Waals surface area contributed by atoms with Gasteiger partial charge in [0.25, 0.3) is 0 Å². The monoisotopic (exact) mass is 508 g/mol. The van der Waals surface area contributed by atoms with Gasteiger partial charge in [-0.1, -0.05) is 18.7 Å². The van der Waals surface area contributed by atoms with Crippen LogP contribution >= 0.6 is 0 Å². The van der Waals surface area contributed by atoms with Crippen molar-refractivity contribution in [1.29, 1.82) is 0 Å². The van der Waals surface area contributed by atoms with Crippen LogP contribution in [0.1, 0.15) is 52.4 Å². The first-order chi connectivity index (χ1) is 17.8.